The zero-order chi connectivity index (χ0) is 17.5. The summed E-state index contributed by atoms with van der Waals surface area (Å²) in [6, 6.07) is 2.43. The standard InChI is InChI=1S/C13H12F4N4O2S/c14-8-1-4-10(11(5-8)24(22,23)13(15,16)17)18-6-12-20-19-7-21(12)9-2-3-9/h1,4-5,7,9,18H,2-3,6H2. The molecule has 1 aromatic heterocycles. The molecule has 1 aliphatic rings. The second-order valence-electron chi connectivity index (χ2n) is 5.33. The number of benzene rings is 1. The van der Waals surface area contributed by atoms with Gasteiger partial charge in [-0.15, -0.1) is 10.2 Å². The van der Waals surface area contributed by atoms with Crippen LogP contribution in [0, 0.1) is 5.82 Å². The van der Waals surface area contributed by atoms with Gasteiger partial charge in [0.05, 0.1) is 12.2 Å². The van der Waals surface area contributed by atoms with Gasteiger partial charge in [0.2, 0.25) is 0 Å². The Morgan fingerprint density at radius 1 is 1.29 bits per heavy atom. The summed E-state index contributed by atoms with van der Waals surface area (Å²) in [4.78, 5) is -1.16. The van der Waals surface area contributed by atoms with Crippen molar-refractivity contribution in [3.8, 4) is 0 Å². The molecule has 1 fully saturated rings. The third kappa shape index (κ3) is 3.07. The number of halogens is 4. The zero-order valence-electron chi connectivity index (χ0n) is 12.1. The minimum Gasteiger partial charge on any atom is -0.377 e. The van der Waals surface area contributed by atoms with E-state index in [1.54, 1.807) is 4.57 Å². The van der Waals surface area contributed by atoms with Crippen LogP contribution in [0.25, 0.3) is 0 Å². The van der Waals surface area contributed by atoms with Gasteiger partial charge in [-0.25, -0.2) is 12.8 Å². The van der Waals surface area contributed by atoms with E-state index in [1.165, 1.54) is 6.33 Å². The van der Waals surface area contributed by atoms with Gasteiger partial charge in [0.1, 0.15) is 17.0 Å². The lowest BCUT2D eigenvalue weighted by atomic mass is 10.3. The van der Waals surface area contributed by atoms with Crippen LogP contribution in [0.2, 0.25) is 0 Å². The van der Waals surface area contributed by atoms with Gasteiger partial charge in [0.15, 0.2) is 5.82 Å². The summed E-state index contributed by atoms with van der Waals surface area (Å²) in [5, 5.41) is 10.2. The highest BCUT2D eigenvalue weighted by atomic mass is 32.2. The maximum Gasteiger partial charge on any atom is 0.501 e. The number of hydrogen-bond acceptors (Lipinski definition) is 5. The molecule has 0 unspecified atom stereocenters. The second-order valence-corrected chi connectivity index (χ2v) is 7.24. The first-order valence-electron chi connectivity index (χ1n) is 6.93. The predicted molar refractivity (Wildman–Crippen MR) is 75.3 cm³/mol. The fourth-order valence-electron chi connectivity index (χ4n) is 2.21. The van der Waals surface area contributed by atoms with Crippen molar-refractivity contribution < 1.29 is 26.0 Å². The van der Waals surface area contributed by atoms with E-state index in [1.807, 2.05) is 0 Å². The molecule has 0 amide bonds. The summed E-state index contributed by atoms with van der Waals surface area (Å²) >= 11 is 0. The monoisotopic (exact) mass is 364 g/mol. The molecule has 2 aromatic rings. The lowest BCUT2D eigenvalue weighted by molar-refractivity contribution is -0.0435. The number of nitrogens with zero attached hydrogens (tertiary/aromatic N) is 3. The van der Waals surface area contributed by atoms with Gasteiger partial charge >= 0.3 is 5.51 Å². The smallest absolute Gasteiger partial charge is 0.377 e. The number of aromatic nitrogens is 3. The molecule has 130 valence electrons. The number of hydrogen-bond donors (Lipinski definition) is 1. The van der Waals surface area contributed by atoms with Gasteiger partial charge in [0, 0.05) is 6.04 Å². The normalized spacial score (nSPS) is 15.5. The molecule has 24 heavy (non-hydrogen) atoms. The Hall–Kier alpha value is -2.17. The van der Waals surface area contributed by atoms with Crippen LogP contribution in [-0.4, -0.2) is 28.7 Å². The second kappa shape index (κ2) is 5.72. The average Bonchev–Trinajstić information content (AvgIpc) is 3.23. The lowest BCUT2D eigenvalue weighted by Gasteiger charge is -2.14. The van der Waals surface area contributed by atoms with Crippen molar-refractivity contribution in [2.24, 2.45) is 0 Å². The first-order valence-corrected chi connectivity index (χ1v) is 8.41. The molecule has 1 saturated carbocycles. The highest BCUT2D eigenvalue weighted by Gasteiger charge is 2.48. The Balaban J connectivity index is 1.90. The van der Waals surface area contributed by atoms with E-state index >= 15 is 0 Å². The van der Waals surface area contributed by atoms with E-state index in [0.29, 0.717) is 11.9 Å². The average molecular weight is 364 g/mol. The van der Waals surface area contributed by atoms with Crippen LogP contribution in [0.3, 0.4) is 0 Å². The summed E-state index contributed by atoms with van der Waals surface area (Å²) in [6.45, 7) is -0.0392. The molecule has 1 N–H and O–H groups in total. The van der Waals surface area contributed by atoms with Crippen molar-refractivity contribution in [2.75, 3.05) is 5.32 Å². The highest BCUT2D eigenvalue weighted by molar-refractivity contribution is 7.92. The van der Waals surface area contributed by atoms with E-state index in [2.05, 4.69) is 15.5 Å². The first-order chi connectivity index (χ1) is 11.2. The molecule has 0 aliphatic heterocycles. The summed E-state index contributed by atoms with van der Waals surface area (Å²) in [6.07, 6.45) is 3.41. The molecule has 0 bridgehead atoms. The van der Waals surface area contributed by atoms with Crippen molar-refractivity contribution in [2.45, 2.75) is 35.8 Å². The molecular weight excluding hydrogens is 352 g/mol. The number of alkyl halides is 3. The van der Waals surface area contributed by atoms with Crippen molar-refractivity contribution in [1.29, 1.82) is 0 Å². The Morgan fingerprint density at radius 2 is 2.00 bits per heavy atom. The number of sulfone groups is 1. The van der Waals surface area contributed by atoms with Crippen molar-refractivity contribution in [3.63, 3.8) is 0 Å². The van der Waals surface area contributed by atoms with Gasteiger partial charge in [-0.2, -0.15) is 13.2 Å². The first kappa shape index (κ1) is 16.7. The van der Waals surface area contributed by atoms with Gasteiger partial charge in [-0.1, -0.05) is 0 Å². The van der Waals surface area contributed by atoms with Crippen LogP contribution in [0.15, 0.2) is 29.4 Å². The summed E-state index contributed by atoms with van der Waals surface area (Å²) in [5.41, 5.74) is -5.87. The van der Waals surface area contributed by atoms with E-state index in [4.69, 9.17) is 0 Å². The van der Waals surface area contributed by atoms with Gasteiger partial charge < -0.3 is 9.88 Å². The lowest BCUT2D eigenvalue weighted by Crippen LogP contribution is -2.24. The predicted octanol–water partition coefficient (Wildman–Crippen LogP) is 2.66. The maximum atomic E-state index is 13.3. The Labute approximate surface area is 134 Å². The number of rotatable bonds is 5. The highest BCUT2D eigenvalue weighted by Crippen LogP contribution is 2.36. The minimum absolute atomic E-state index is 0.0392. The SMILES string of the molecule is O=S(=O)(c1cc(F)ccc1NCc1nncn1C1CC1)C(F)(F)F. The van der Waals surface area contributed by atoms with Gasteiger partial charge in [-0.3, -0.25) is 0 Å². The van der Waals surface area contributed by atoms with Crippen LogP contribution in [-0.2, 0) is 16.4 Å². The van der Waals surface area contributed by atoms with Crippen LogP contribution in [0.5, 0.6) is 0 Å². The van der Waals surface area contributed by atoms with Crippen molar-refractivity contribution >= 4 is 15.5 Å². The fourth-order valence-corrected chi connectivity index (χ4v) is 3.16. The largest absolute Gasteiger partial charge is 0.501 e. The molecule has 3 rings (SSSR count). The van der Waals surface area contributed by atoms with E-state index in [9.17, 15) is 26.0 Å². The molecule has 1 aromatic carbocycles. The quantitative estimate of drug-likeness (QED) is 0.826. The van der Waals surface area contributed by atoms with Gasteiger partial charge in [0.25, 0.3) is 9.84 Å². The Kier molecular flexibility index (Phi) is 3.98. The third-order valence-electron chi connectivity index (χ3n) is 3.56. The zero-order valence-corrected chi connectivity index (χ0v) is 12.9. The molecule has 1 aliphatic carbocycles. The summed E-state index contributed by atoms with van der Waals surface area (Å²) in [7, 11) is -5.68. The molecule has 6 nitrogen and oxygen atoms in total. The third-order valence-corrected chi connectivity index (χ3v) is 5.09. The molecule has 1 heterocycles. The Morgan fingerprint density at radius 3 is 2.62 bits per heavy atom. The Bertz CT molecular complexity index is 859. The minimum atomic E-state index is -5.68. The molecule has 0 radical (unpaired) electrons. The topological polar surface area (TPSA) is 76.9 Å². The molecule has 0 spiro atoms. The van der Waals surface area contributed by atoms with Crippen molar-refractivity contribution in [1.82, 2.24) is 14.8 Å². The van der Waals surface area contributed by atoms with Crippen molar-refractivity contribution in [3.05, 3.63) is 36.2 Å². The van der Waals surface area contributed by atoms with Crippen LogP contribution < -0.4 is 5.32 Å². The molecule has 0 saturated heterocycles. The number of nitrogens with one attached hydrogen (secondary N) is 1. The van der Waals surface area contributed by atoms with Crippen LogP contribution in [0.4, 0.5) is 23.2 Å². The van der Waals surface area contributed by atoms with E-state index in [-0.39, 0.29) is 18.3 Å². The fraction of sp³-hybridized carbons (Fsp3) is 0.385. The molecular formula is C13H12F4N4O2S. The number of anilines is 1. The van der Waals surface area contributed by atoms with Crippen LogP contribution in [0.1, 0.15) is 24.7 Å². The molecule has 0 atom stereocenters. The summed E-state index contributed by atoms with van der Waals surface area (Å²) < 4.78 is 76.5. The molecule has 11 heteroatoms. The van der Waals surface area contributed by atoms with E-state index in [0.717, 1.165) is 25.0 Å². The van der Waals surface area contributed by atoms with E-state index < -0.39 is 26.1 Å². The van der Waals surface area contributed by atoms with Gasteiger partial charge in [-0.05, 0) is 31.0 Å². The maximum absolute atomic E-state index is 13.3. The summed E-state index contributed by atoms with van der Waals surface area (Å²) in [5.74, 6) is -0.623. The van der Waals surface area contributed by atoms with Crippen LogP contribution >= 0.6 is 0 Å².